The fraction of sp³-hybridized carbons (Fsp3) is 1.00. The van der Waals surface area contributed by atoms with Crippen LogP contribution >= 0.6 is 0 Å². The molecule has 0 amide bonds. The first-order valence-corrected chi connectivity index (χ1v) is 4.07. The molecule has 10 heavy (non-hydrogen) atoms. The van der Waals surface area contributed by atoms with Crippen LogP contribution in [0.2, 0.25) is 0 Å². The van der Waals surface area contributed by atoms with Crippen LogP contribution in [-0.4, -0.2) is 25.8 Å². The van der Waals surface area contributed by atoms with E-state index >= 15 is 0 Å². The Morgan fingerprint density at radius 1 is 1.60 bits per heavy atom. The predicted octanol–water partition coefficient (Wildman–Crippen LogP) is 1.17. The van der Waals surface area contributed by atoms with Crippen LogP contribution in [0, 0.1) is 0 Å². The maximum absolute atomic E-state index is 5.16. The Labute approximate surface area is 63.0 Å². The SMILES string of the molecule is CCC1(COC)CCCN1. The maximum atomic E-state index is 5.16. The number of methoxy groups -OCH3 is 1. The lowest BCUT2D eigenvalue weighted by molar-refractivity contribution is 0.118. The summed E-state index contributed by atoms with van der Waals surface area (Å²) in [5, 5.41) is 3.50. The molecule has 0 aromatic rings. The van der Waals surface area contributed by atoms with E-state index in [4.69, 9.17) is 4.74 Å². The highest BCUT2D eigenvalue weighted by molar-refractivity contribution is 4.91. The van der Waals surface area contributed by atoms with Crippen molar-refractivity contribution < 1.29 is 4.74 Å². The van der Waals surface area contributed by atoms with Crippen molar-refractivity contribution in [3.63, 3.8) is 0 Å². The molecule has 0 saturated carbocycles. The third kappa shape index (κ3) is 1.50. The van der Waals surface area contributed by atoms with Crippen molar-refractivity contribution in [2.24, 2.45) is 0 Å². The summed E-state index contributed by atoms with van der Waals surface area (Å²) in [4.78, 5) is 0. The van der Waals surface area contributed by atoms with Gasteiger partial charge in [-0.1, -0.05) is 6.92 Å². The van der Waals surface area contributed by atoms with Gasteiger partial charge in [0, 0.05) is 12.6 Å². The molecule has 1 atom stereocenters. The molecule has 0 aromatic heterocycles. The molecule has 1 rings (SSSR count). The molecular formula is C8H17NO. The fourth-order valence-corrected chi connectivity index (χ4v) is 1.67. The summed E-state index contributed by atoms with van der Waals surface area (Å²) in [6.45, 7) is 4.25. The first-order valence-electron chi connectivity index (χ1n) is 4.07. The van der Waals surface area contributed by atoms with Gasteiger partial charge in [-0.15, -0.1) is 0 Å². The smallest absolute Gasteiger partial charge is 0.0644 e. The first-order chi connectivity index (χ1) is 4.83. The van der Waals surface area contributed by atoms with Gasteiger partial charge in [-0.3, -0.25) is 0 Å². The van der Waals surface area contributed by atoms with Crippen molar-refractivity contribution in [2.75, 3.05) is 20.3 Å². The third-order valence-electron chi connectivity index (χ3n) is 2.43. The van der Waals surface area contributed by atoms with E-state index in [0.29, 0.717) is 5.54 Å². The summed E-state index contributed by atoms with van der Waals surface area (Å²) >= 11 is 0. The number of rotatable bonds is 3. The lowest BCUT2D eigenvalue weighted by Crippen LogP contribution is -2.43. The summed E-state index contributed by atoms with van der Waals surface area (Å²) < 4.78 is 5.16. The minimum atomic E-state index is 0.314. The number of nitrogens with one attached hydrogen (secondary N) is 1. The zero-order valence-electron chi connectivity index (χ0n) is 6.94. The van der Waals surface area contributed by atoms with Gasteiger partial charge in [0.1, 0.15) is 0 Å². The lowest BCUT2D eigenvalue weighted by atomic mass is 9.96. The molecule has 1 saturated heterocycles. The second-order valence-electron chi connectivity index (χ2n) is 3.10. The van der Waals surface area contributed by atoms with Gasteiger partial charge in [-0.25, -0.2) is 0 Å². The molecule has 2 nitrogen and oxygen atoms in total. The molecule has 1 N–H and O–H groups in total. The van der Waals surface area contributed by atoms with Crippen molar-refractivity contribution in [2.45, 2.75) is 31.7 Å². The van der Waals surface area contributed by atoms with Crippen LogP contribution in [-0.2, 0) is 4.74 Å². The van der Waals surface area contributed by atoms with E-state index in [1.54, 1.807) is 7.11 Å². The molecule has 2 heteroatoms. The minimum Gasteiger partial charge on any atom is -0.383 e. The number of hydrogen-bond donors (Lipinski definition) is 1. The summed E-state index contributed by atoms with van der Waals surface area (Å²) in [6, 6.07) is 0. The molecule has 0 spiro atoms. The molecule has 1 aliphatic heterocycles. The van der Waals surface area contributed by atoms with Crippen LogP contribution in [0.5, 0.6) is 0 Å². The third-order valence-corrected chi connectivity index (χ3v) is 2.43. The minimum absolute atomic E-state index is 0.314. The fourth-order valence-electron chi connectivity index (χ4n) is 1.67. The summed E-state index contributed by atoms with van der Waals surface area (Å²) in [6.07, 6.45) is 3.76. The van der Waals surface area contributed by atoms with Gasteiger partial charge in [-0.05, 0) is 25.8 Å². The van der Waals surface area contributed by atoms with Gasteiger partial charge in [0.05, 0.1) is 6.61 Å². The molecule has 1 fully saturated rings. The average molecular weight is 143 g/mol. The Morgan fingerprint density at radius 3 is 2.80 bits per heavy atom. The molecule has 1 heterocycles. The van der Waals surface area contributed by atoms with E-state index in [-0.39, 0.29) is 0 Å². The topological polar surface area (TPSA) is 21.3 Å². The Bertz CT molecular complexity index is 97.4. The number of hydrogen-bond acceptors (Lipinski definition) is 2. The molecule has 0 bridgehead atoms. The quantitative estimate of drug-likeness (QED) is 0.640. The monoisotopic (exact) mass is 143 g/mol. The zero-order chi connectivity index (χ0) is 7.45. The van der Waals surface area contributed by atoms with Crippen LogP contribution < -0.4 is 5.32 Å². The second-order valence-corrected chi connectivity index (χ2v) is 3.10. The van der Waals surface area contributed by atoms with Crippen LogP contribution in [0.15, 0.2) is 0 Å². The first kappa shape index (κ1) is 8.02. The Hall–Kier alpha value is -0.0800. The normalized spacial score (nSPS) is 33.0. The Balaban J connectivity index is 2.41. The number of ether oxygens (including phenoxy) is 1. The Morgan fingerprint density at radius 2 is 2.40 bits per heavy atom. The van der Waals surface area contributed by atoms with Crippen molar-refractivity contribution in [1.82, 2.24) is 5.32 Å². The van der Waals surface area contributed by atoms with Crippen molar-refractivity contribution in [3.8, 4) is 0 Å². The van der Waals surface area contributed by atoms with Crippen molar-refractivity contribution in [1.29, 1.82) is 0 Å². The largest absolute Gasteiger partial charge is 0.383 e. The average Bonchev–Trinajstić information content (AvgIpc) is 2.39. The van der Waals surface area contributed by atoms with E-state index in [0.717, 1.165) is 13.2 Å². The van der Waals surface area contributed by atoms with Gasteiger partial charge in [0.25, 0.3) is 0 Å². The highest BCUT2D eigenvalue weighted by Gasteiger charge is 2.30. The molecule has 0 aliphatic carbocycles. The van der Waals surface area contributed by atoms with Crippen molar-refractivity contribution >= 4 is 0 Å². The van der Waals surface area contributed by atoms with E-state index in [9.17, 15) is 0 Å². The molecule has 1 aliphatic rings. The van der Waals surface area contributed by atoms with E-state index < -0.39 is 0 Å². The van der Waals surface area contributed by atoms with Crippen LogP contribution in [0.25, 0.3) is 0 Å². The van der Waals surface area contributed by atoms with Gasteiger partial charge >= 0.3 is 0 Å². The van der Waals surface area contributed by atoms with Gasteiger partial charge in [-0.2, -0.15) is 0 Å². The molecule has 0 aromatic carbocycles. The molecule has 1 unspecified atom stereocenters. The molecule has 60 valence electrons. The maximum Gasteiger partial charge on any atom is 0.0644 e. The highest BCUT2D eigenvalue weighted by Crippen LogP contribution is 2.22. The van der Waals surface area contributed by atoms with Gasteiger partial charge in [0.15, 0.2) is 0 Å². The molecule has 0 radical (unpaired) electrons. The van der Waals surface area contributed by atoms with Crippen LogP contribution in [0.1, 0.15) is 26.2 Å². The van der Waals surface area contributed by atoms with Gasteiger partial charge < -0.3 is 10.1 Å². The zero-order valence-corrected chi connectivity index (χ0v) is 6.94. The van der Waals surface area contributed by atoms with Crippen molar-refractivity contribution in [3.05, 3.63) is 0 Å². The predicted molar refractivity (Wildman–Crippen MR) is 42.1 cm³/mol. The summed E-state index contributed by atoms with van der Waals surface area (Å²) in [7, 11) is 1.78. The summed E-state index contributed by atoms with van der Waals surface area (Å²) in [5.74, 6) is 0. The van der Waals surface area contributed by atoms with Crippen LogP contribution in [0.3, 0.4) is 0 Å². The van der Waals surface area contributed by atoms with E-state index in [2.05, 4.69) is 12.2 Å². The lowest BCUT2D eigenvalue weighted by Gasteiger charge is -2.26. The van der Waals surface area contributed by atoms with Gasteiger partial charge in [0.2, 0.25) is 0 Å². The van der Waals surface area contributed by atoms with E-state index in [1.165, 1.54) is 19.3 Å². The summed E-state index contributed by atoms with van der Waals surface area (Å²) in [5.41, 5.74) is 0.314. The highest BCUT2D eigenvalue weighted by atomic mass is 16.5. The van der Waals surface area contributed by atoms with E-state index in [1.807, 2.05) is 0 Å². The standard InChI is InChI=1S/C8H17NO/c1-3-8(7-10-2)5-4-6-9-8/h9H,3-7H2,1-2H3. The van der Waals surface area contributed by atoms with Crippen LogP contribution in [0.4, 0.5) is 0 Å². The Kier molecular flexibility index (Phi) is 2.69. The second kappa shape index (κ2) is 3.35. The molecular weight excluding hydrogens is 126 g/mol.